The minimum atomic E-state index is -1.08. The summed E-state index contributed by atoms with van der Waals surface area (Å²) in [5, 5.41) is 13.2. The summed E-state index contributed by atoms with van der Waals surface area (Å²) in [5.41, 5.74) is 33.7. The van der Waals surface area contributed by atoms with Crippen LogP contribution < -0.4 is 61.0 Å². The highest BCUT2D eigenvalue weighted by atomic mass is 32.1. The minimum Gasteiger partial charge on any atom is -0.368 e. The van der Waals surface area contributed by atoms with Crippen molar-refractivity contribution in [1.29, 1.82) is 0 Å². The summed E-state index contributed by atoms with van der Waals surface area (Å²) in [6, 6.07) is -6.05. The average Bonchev–Trinajstić information content (AvgIpc) is 3.05. The van der Waals surface area contributed by atoms with Crippen LogP contribution in [0, 0.1) is 0 Å². The van der Waals surface area contributed by atoms with Crippen LogP contribution in [0.4, 0.5) is 0 Å². The topological polar surface area (TPSA) is 319 Å². The number of nitrogens with two attached hydrogens (primary N) is 6. The molecule has 0 aromatic carbocycles. The monoisotopic (exact) mass is 703 g/mol. The maximum atomic E-state index is 13.6. The van der Waals surface area contributed by atoms with E-state index in [0.29, 0.717) is 84.0 Å². The molecule has 17 nitrogen and oxygen atoms in total. The molecule has 0 aromatic rings. The van der Waals surface area contributed by atoms with Crippen LogP contribution >= 0.6 is 12.6 Å². The maximum absolute atomic E-state index is 13.6. The molecular formula is C30H61N11O6S. The molecule has 18 heteroatoms. The van der Waals surface area contributed by atoms with E-state index < -0.39 is 71.7 Å². The van der Waals surface area contributed by atoms with Crippen LogP contribution in [0.5, 0.6) is 0 Å². The number of nitrogens with one attached hydrogen (secondary N) is 5. The van der Waals surface area contributed by atoms with E-state index in [2.05, 4.69) is 39.2 Å². The average molecular weight is 704 g/mol. The molecule has 48 heavy (non-hydrogen) atoms. The standard InChI is InChI=1S/C30H61N11O6S/c1-19(37-27(44)20(35)18-48)26(43)39-22(11-3-7-15-32)29(46)41-24(13-5-9-17-34)30(47)40-23(12-4-8-16-33)28(45)38-21(25(36)42)10-2-6-14-31/h19-24,48H,2-18,31-35H2,1H3,(H2,36,42)(H,37,44)(H,38,45)(H,39,43)(H,40,47)(H,41,46)/t19-,20-,21-,22-,23-,24-/m0/s1. The lowest BCUT2D eigenvalue weighted by atomic mass is 10.0. The number of carbonyl (C=O) groups is 6. The summed E-state index contributed by atoms with van der Waals surface area (Å²) in [6.45, 7) is 2.99. The molecule has 0 radical (unpaired) electrons. The first-order valence-corrected chi connectivity index (χ1v) is 17.5. The van der Waals surface area contributed by atoms with Crippen LogP contribution in [0.25, 0.3) is 0 Å². The van der Waals surface area contributed by atoms with Crippen LogP contribution in [0.1, 0.15) is 84.0 Å². The number of amides is 6. The Bertz CT molecular complexity index is 993. The van der Waals surface area contributed by atoms with Gasteiger partial charge in [-0.15, -0.1) is 0 Å². The molecule has 0 aliphatic carbocycles. The number of primary amides is 1. The number of carbonyl (C=O) groups excluding carboxylic acids is 6. The molecule has 6 amide bonds. The van der Waals surface area contributed by atoms with E-state index in [9.17, 15) is 28.8 Å². The van der Waals surface area contributed by atoms with Crippen LogP contribution in [0.3, 0.4) is 0 Å². The van der Waals surface area contributed by atoms with Gasteiger partial charge < -0.3 is 61.0 Å². The van der Waals surface area contributed by atoms with E-state index in [1.54, 1.807) is 0 Å². The fourth-order valence-corrected chi connectivity index (χ4v) is 4.81. The number of unbranched alkanes of at least 4 members (excludes halogenated alkanes) is 4. The fraction of sp³-hybridized carbons (Fsp3) is 0.800. The summed E-state index contributed by atoms with van der Waals surface area (Å²) in [6.07, 6.45) is 5.40. The van der Waals surface area contributed by atoms with E-state index in [4.69, 9.17) is 34.4 Å². The molecule has 0 aliphatic rings. The van der Waals surface area contributed by atoms with E-state index in [0.717, 1.165) is 0 Å². The van der Waals surface area contributed by atoms with Crippen molar-refractivity contribution in [3.8, 4) is 0 Å². The molecule has 0 aromatic heterocycles. The number of thiol groups is 1. The summed E-state index contributed by atoms with van der Waals surface area (Å²) < 4.78 is 0. The van der Waals surface area contributed by atoms with E-state index in [-0.39, 0.29) is 25.0 Å². The first kappa shape index (κ1) is 45.0. The summed E-state index contributed by atoms with van der Waals surface area (Å²) in [7, 11) is 0. The van der Waals surface area contributed by atoms with Gasteiger partial charge in [0.2, 0.25) is 35.4 Å². The van der Waals surface area contributed by atoms with Crippen molar-refractivity contribution in [2.45, 2.75) is 120 Å². The predicted octanol–water partition coefficient (Wildman–Crippen LogP) is -3.31. The third-order valence-electron chi connectivity index (χ3n) is 7.63. The van der Waals surface area contributed by atoms with Gasteiger partial charge in [-0.3, -0.25) is 28.8 Å². The first-order valence-electron chi connectivity index (χ1n) is 16.8. The van der Waals surface area contributed by atoms with Gasteiger partial charge in [-0.1, -0.05) is 0 Å². The number of rotatable bonds is 28. The quantitative estimate of drug-likeness (QED) is 0.0283. The minimum absolute atomic E-state index is 0.0773. The molecule has 0 fully saturated rings. The van der Waals surface area contributed by atoms with Crippen LogP contribution in [0.15, 0.2) is 0 Å². The van der Waals surface area contributed by atoms with E-state index in [1.807, 2.05) is 0 Å². The second-order valence-electron chi connectivity index (χ2n) is 11.8. The summed E-state index contributed by atoms with van der Waals surface area (Å²) in [4.78, 5) is 77.7. The Hall–Kier alpha value is -3.03. The fourth-order valence-electron chi connectivity index (χ4n) is 4.65. The lowest BCUT2D eigenvalue weighted by Crippen LogP contribution is -2.59. The van der Waals surface area contributed by atoms with Gasteiger partial charge in [-0.25, -0.2) is 0 Å². The van der Waals surface area contributed by atoms with Gasteiger partial charge in [0.25, 0.3) is 0 Å². The van der Waals surface area contributed by atoms with Crippen LogP contribution in [0.2, 0.25) is 0 Å². The second-order valence-corrected chi connectivity index (χ2v) is 12.2. The van der Waals surface area contributed by atoms with Crippen molar-refractivity contribution >= 4 is 48.1 Å². The zero-order valence-electron chi connectivity index (χ0n) is 28.3. The lowest BCUT2D eigenvalue weighted by molar-refractivity contribution is -0.135. The smallest absolute Gasteiger partial charge is 0.243 e. The molecule has 17 N–H and O–H groups in total. The zero-order valence-corrected chi connectivity index (χ0v) is 29.2. The van der Waals surface area contributed by atoms with Gasteiger partial charge in [0.15, 0.2) is 0 Å². The number of hydrogen-bond acceptors (Lipinski definition) is 12. The molecule has 0 bridgehead atoms. The number of hydrogen-bond donors (Lipinski definition) is 12. The SMILES string of the molecule is C[C@H](NC(=O)[C@@H](N)CS)C(=O)N[C@@H](CCCCN)C(=O)N[C@@H](CCCCN)C(=O)N[C@@H](CCCCN)C(=O)N[C@@H](CCCCN)C(N)=O. The summed E-state index contributed by atoms with van der Waals surface area (Å²) in [5.74, 6) is -3.68. The highest BCUT2D eigenvalue weighted by Gasteiger charge is 2.31. The molecule has 278 valence electrons. The Morgan fingerprint density at radius 1 is 0.500 bits per heavy atom. The lowest BCUT2D eigenvalue weighted by Gasteiger charge is -2.27. The van der Waals surface area contributed by atoms with Crippen LogP contribution in [-0.4, -0.2) is 104 Å². The molecule has 6 atom stereocenters. The van der Waals surface area contributed by atoms with Gasteiger partial charge in [-0.05, 0) is 110 Å². The van der Waals surface area contributed by atoms with Gasteiger partial charge >= 0.3 is 0 Å². The zero-order chi connectivity index (χ0) is 36.5. The Morgan fingerprint density at radius 3 is 1.12 bits per heavy atom. The van der Waals surface area contributed by atoms with Crippen molar-refractivity contribution in [2.24, 2.45) is 34.4 Å². The Morgan fingerprint density at radius 2 is 0.812 bits per heavy atom. The molecule has 0 heterocycles. The van der Waals surface area contributed by atoms with Crippen molar-refractivity contribution in [2.75, 3.05) is 31.9 Å². The molecule has 0 unspecified atom stereocenters. The molecule has 0 saturated heterocycles. The van der Waals surface area contributed by atoms with Gasteiger partial charge in [0.05, 0.1) is 6.04 Å². The highest BCUT2D eigenvalue weighted by Crippen LogP contribution is 2.09. The molecule has 0 aliphatic heterocycles. The van der Waals surface area contributed by atoms with Crippen molar-refractivity contribution in [3.05, 3.63) is 0 Å². The molecule has 0 saturated carbocycles. The van der Waals surface area contributed by atoms with E-state index >= 15 is 0 Å². The van der Waals surface area contributed by atoms with Crippen molar-refractivity contribution in [3.63, 3.8) is 0 Å². The van der Waals surface area contributed by atoms with Gasteiger partial charge in [0.1, 0.15) is 30.2 Å². The summed E-state index contributed by atoms with van der Waals surface area (Å²) >= 11 is 3.99. The van der Waals surface area contributed by atoms with Crippen LogP contribution in [-0.2, 0) is 28.8 Å². The van der Waals surface area contributed by atoms with Gasteiger partial charge in [0, 0.05) is 5.75 Å². The molecular weight excluding hydrogens is 642 g/mol. The largest absolute Gasteiger partial charge is 0.368 e. The Balaban J connectivity index is 5.97. The Kier molecular flexibility index (Phi) is 25.2. The first-order chi connectivity index (χ1) is 22.9. The van der Waals surface area contributed by atoms with Gasteiger partial charge in [-0.2, -0.15) is 12.6 Å². The third kappa shape index (κ3) is 19.1. The second kappa shape index (κ2) is 26.9. The molecule has 0 rings (SSSR count). The van der Waals surface area contributed by atoms with Crippen molar-refractivity contribution < 1.29 is 28.8 Å². The normalized spacial score (nSPS) is 14.8. The molecule has 0 spiro atoms. The van der Waals surface area contributed by atoms with E-state index in [1.165, 1.54) is 6.92 Å². The third-order valence-corrected chi connectivity index (χ3v) is 8.03. The maximum Gasteiger partial charge on any atom is 0.243 e. The predicted molar refractivity (Wildman–Crippen MR) is 188 cm³/mol. The van der Waals surface area contributed by atoms with Crippen molar-refractivity contribution in [1.82, 2.24) is 26.6 Å². The Labute approximate surface area is 289 Å². The highest BCUT2D eigenvalue weighted by molar-refractivity contribution is 7.80.